The highest BCUT2D eigenvalue weighted by Crippen LogP contribution is 2.03. The van der Waals surface area contributed by atoms with Crippen molar-refractivity contribution < 1.29 is 9.53 Å². The van der Waals surface area contributed by atoms with Crippen molar-refractivity contribution in [3.8, 4) is 5.88 Å². The Morgan fingerprint density at radius 2 is 2.50 bits per heavy atom. The molecule has 0 aromatic carbocycles. The van der Waals surface area contributed by atoms with Gasteiger partial charge in [-0.3, -0.25) is 4.79 Å². The fraction of sp³-hybridized carbons (Fsp3) is 0.167. The molecule has 1 rings (SSSR count). The zero-order valence-corrected chi connectivity index (χ0v) is 5.44. The second-order valence-corrected chi connectivity index (χ2v) is 1.65. The van der Waals surface area contributed by atoms with E-state index in [1.54, 1.807) is 0 Å². The number of ether oxygens (including phenoxy) is 1. The molecular weight excluding hydrogens is 132 g/mol. The van der Waals surface area contributed by atoms with Crippen molar-refractivity contribution >= 4 is 6.29 Å². The van der Waals surface area contributed by atoms with E-state index >= 15 is 0 Å². The predicted molar refractivity (Wildman–Crippen MR) is 34.0 cm³/mol. The number of rotatable bonds is 2. The number of carbonyl (C=O) groups excluding carboxylic acids is 1. The van der Waals surface area contributed by atoms with Crippen LogP contribution in [0.5, 0.6) is 5.88 Å². The fourth-order valence-electron chi connectivity index (χ4n) is 0.525. The summed E-state index contributed by atoms with van der Waals surface area (Å²) >= 11 is 0. The molecule has 4 heteroatoms. The first-order valence-electron chi connectivity index (χ1n) is 2.68. The third-order valence-corrected chi connectivity index (χ3v) is 0.998. The van der Waals surface area contributed by atoms with Crippen LogP contribution in [-0.4, -0.2) is 23.6 Å². The van der Waals surface area contributed by atoms with Crippen LogP contribution in [0.15, 0.2) is 12.3 Å². The van der Waals surface area contributed by atoms with Gasteiger partial charge in [0.15, 0.2) is 6.29 Å². The van der Waals surface area contributed by atoms with Gasteiger partial charge in [0.2, 0.25) is 5.88 Å². The number of carbonyl (C=O) groups is 1. The first-order valence-corrected chi connectivity index (χ1v) is 2.68. The lowest BCUT2D eigenvalue weighted by Crippen LogP contribution is -1.91. The SMILES string of the molecule is COc1cc(C=O)cnn1. The third kappa shape index (κ3) is 1.28. The van der Waals surface area contributed by atoms with Gasteiger partial charge in [-0.25, -0.2) is 0 Å². The monoisotopic (exact) mass is 138 g/mol. The van der Waals surface area contributed by atoms with E-state index < -0.39 is 0 Å². The van der Waals surface area contributed by atoms with Crippen molar-refractivity contribution in [2.24, 2.45) is 0 Å². The Bertz CT molecular complexity index is 237. The summed E-state index contributed by atoms with van der Waals surface area (Å²) in [5.74, 6) is 0.351. The number of nitrogens with zero attached hydrogens (tertiary/aromatic N) is 2. The van der Waals surface area contributed by atoms with Crippen LogP contribution in [0.2, 0.25) is 0 Å². The average molecular weight is 138 g/mol. The highest BCUT2D eigenvalue weighted by atomic mass is 16.5. The molecule has 0 saturated heterocycles. The standard InChI is InChI=1S/C6H6N2O2/c1-10-6-2-5(4-9)3-7-8-6/h2-4H,1H3. The van der Waals surface area contributed by atoms with Crippen LogP contribution < -0.4 is 4.74 Å². The van der Waals surface area contributed by atoms with Gasteiger partial charge < -0.3 is 4.74 Å². The maximum atomic E-state index is 10.2. The van der Waals surface area contributed by atoms with Gasteiger partial charge in [-0.2, -0.15) is 5.10 Å². The highest BCUT2D eigenvalue weighted by molar-refractivity contribution is 5.74. The molecule has 0 aliphatic rings. The van der Waals surface area contributed by atoms with Gasteiger partial charge in [0.05, 0.1) is 13.3 Å². The lowest BCUT2D eigenvalue weighted by molar-refractivity contribution is 0.112. The van der Waals surface area contributed by atoms with Gasteiger partial charge in [0.1, 0.15) is 0 Å². The van der Waals surface area contributed by atoms with E-state index in [1.807, 2.05) is 0 Å². The van der Waals surface area contributed by atoms with Crippen LogP contribution >= 0.6 is 0 Å². The minimum absolute atomic E-state index is 0.351. The molecule has 0 radical (unpaired) electrons. The summed E-state index contributed by atoms with van der Waals surface area (Å²) in [6.07, 6.45) is 2.06. The molecule has 52 valence electrons. The molecule has 0 fully saturated rings. The smallest absolute Gasteiger partial charge is 0.233 e. The quantitative estimate of drug-likeness (QED) is 0.551. The minimum Gasteiger partial charge on any atom is -0.480 e. The second-order valence-electron chi connectivity index (χ2n) is 1.65. The van der Waals surface area contributed by atoms with Crippen LogP contribution in [0, 0.1) is 0 Å². The maximum absolute atomic E-state index is 10.2. The van der Waals surface area contributed by atoms with Crippen LogP contribution in [-0.2, 0) is 0 Å². The van der Waals surface area contributed by atoms with E-state index in [9.17, 15) is 4.79 Å². The Morgan fingerprint density at radius 3 is 3.10 bits per heavy atom. The molecule has 0 saturated carbocycles. The average Bonchev–Trinajstić information content (AvgIpc) is 2.05. The summed E-state index contributed by atoms with van der Waals surface area (Å²) in [6.45, 7) is 0. The number of aromatic nitrogens is 2. The molecule has 1 aromatic rings. The second kappa shape index (κ2) is 2.91. The molecule has 0 bridgehead atoms. The fourth-order valence-corrected chi connectivity index (χ4v) is 0.525. The van der Waals surface area contributed by atoms with Gasteiger partial charge in [0.25, 0.3) is 0 Å². The zero-order valence-electron chi connectivity index (χ0n) is 5.44. The van der Waals surface area contributed by atoms with Crippen LogP contribution in [0.1, 0.15) is 10.4 Å². The van der Waals surface area contributed by atoms with Gasteiger partial charge in [0, 0.05) is 11.6 Å². The first kappa shape index (κ1) is 6.67. The summed E-state index contributed by atoms with van der Waals surface area (Å²) < 4.78 is 4.72. The molecule has 0 amide bonds. The molecule has 0 N–H and O–H groups in total. The molecule has 0 aliphatic heterocycles. The first-order chi connectivity index (χ1) is 4.86. The predicted octanol–water partition coefficient (Wildman–Crippen LogP) is 0.298. The van der Waals surface area contributed by atoms with Crippen molar-refractivity contribution in [1.82, 2.24) is 10.2 Å². The summed E-state index contributed by atoms with van der Waals surface area (Å²) in [5.41, 5.74) is 0.465. The Balaban J connectivity index is 2.98. The van der Waals surface area contributed by atoms with E-state index in [0.29, 0.717) is 17.7 Å². The van der Waals surface area contributed by atoms with Crippen LogP contribution in [0.4, 0.5) is 0 Å². The number of hydrogen-bond acceptors (Lipinski definition) is 4. The molecule has 0 spiro atoms. The summed E-state index contributed by atoms with van der Waals surface area (Å²) in [6, 6.07) is 1.51. The van der Waals surface area contributed by atoms with Crippen molar-refractivity contribution in [2.75, 3.05) is 7.11 Å². The number of hydrogen-bond donors (Lipinski definition) is 0. The lowest BCUT2D eigenvalue weighted by Gasteiger charge is -1.94. The molecule has 0 unspecified atom stereocenters. The van der Waals surface area contributed by atoms with Gasteiger partial charge in [-0.15, -0.1) is 5.10 Å². The molecule has 1 heterocycles. The molecule has 0 aliphatic carbocycles. The van der Waals surface area contributed by atoms with Crippen LogP contribution in [0.25, 0.3) is 0 Å². The number of methoxy groups -OCH3 is 1. The summed E-state index contributed by atoms with van der Waals surface area (Å²) in [7, 11) is 1.47. The minimum atomic E-state index is 0.351. The van der Waals surface area contributed by atoms with E-state index in [0.717, 1.165) is 0 Å². The Labute approximate surface area is 57.8 Å². The van der Waals surface area contributed by atoms with E-state index in [2.05, 4.69) is 10.2 Å². The maximum Gasteiger partial charge on any atom is 0.233 e. The molecule has 10 heavy (non-hydrogen) atoms. The molecule has 1 aromatic heterocycles. The highest BCUT2D eigenvalue weighted by Gasteiger charge is 1.94. The van der Waals surface area contributed by atoms with Gasteiger partial charge in [-0.1, -0.05) is 0 Å². The largest absolute Gasteiger partial charge is 0.480 e. The number of aldehydes is 1. The molecule has 4 nitrogen and oxygen atoms in total. The Morgan fingerprint density at radius 1 is 1.70 bits per heavy atom. The Kier molecular flexibility index (Phi) is 1.94. The lowest BCUT2D eigenvalue weighted by atomic mass is 10.3. The third-order valence-electron chi connectivity index (χ3n) is 0.998. The molecular formula is C6H6N2O2. The Hall–Kier alpha value is -1.45. The van der Waals surface area contributed by atoms with Gasteiger partial charge >= 0.3 is 0 Å². The summed E-state index contributed by atoms with van der Waals surface area (Å²) in [5, 5.41) is 7.09. The van der Waals surface area contributed by atoms with Crippen molar-refractivity contribution in [3.63, 3.8) is 0 Å². The van der Waals surface area contributed by atoms with Gasteiger partial charge in [-0.05, 0) is 0 Å². The van der Waals surface area contributed by atoms with Crippen molar-refractivity contribution in [3.05, 3.63) is 17.8 Å². The molecule has 0 atom stereocenters. The van der Waals surface area contributed by atoms with Crippen LogP contribution in [0.3, 0.4) is 0 Å². The van der Waals surface area contributed by atoms with E-state index in [-0.39, 0.29) is 0 Å². The summed E-state index contributed by atoms with van der Waals surface area (Å²) in [4.78, 5) is 10.2. The van der Waals surface area contributed by atoms with Crippen molar-refractivity contribution in [1.29, 1.82) is 0 Å². The van der Waals surface area contributed by atoms with Crippen molar-refractivity contribution in [2.45, 2.75) is 0 Å². The van der Waals surface area contributed by atoms with E-state index in [4.69, 9.17) is 4.74 Å². The van der Waals surface area contributed by atoms with E-state index in [1.165, 1.54) is 19.4 Å². The zero-order chi connectivity index (χ0) is 7.40. The normalized spacial score (nSPS) is 8.90. The topological polar surface area (TPSA) is 52.1 Å².